The first-order chi connectivity index (χ1) is 12.5. The van der Waals surface area contributed by atoms with Crippen LogP contribution in [0.5, 0.6) is 0 Å². The number of pyridine rings is 1. The highest BCUT2D eigenvalue weighted by molar-refractivity contribution is 5.84. The third-order valence-electron chi connectivity index (χ3n) is 3.94. The first-order valence-corrected chi connectivity index (χ1v) is 8.10. The van der Waals surface area contributed by atoms with Gasteiger partial charge in [-0.25, -0.2) is 13.8 Å². The van der Waals surface area contributed by atoms with Crippen molar-refractivity contribution in [3.63, 3.8) is 0 Å². The summed E-state index contributed by atoms with van der Waals surface area (Å²) in [5.41, 5.74) is 3.33. The van der Waals surface area contributed by atoms with Crippen molar-refractivity contribution in [1.29, 1.82) is 0 Å². The van der Waals surface area contributed by atoms with Gasteiger partial charge in [0.25, 0.3) is 0 Å². The second-order valence-electron chi connectivity index (χ2n) is 5.77. The lowest BCUT2D eigenvalue weighted by Crippen LogP contribution is -1.93. The molecule has 0 saturated carbocycles. The molecule has 5 heteroatoms. The first kappa shape index (κ1) is 17.6. The zero-order chi connectivity index (χ0) is 18.5. The maximum Gasteiger partial charge on any atom is 0.128 e. The van der Waals surface area contributed by atoms with E-state index in [9.17, 15) is 8.78 Å². The van der Waals surface area contributed by atoms with Crippen LogP contribution in [0.2, 0.25) is 0 Å². The predicted molar refractivity (Wildman–Crippen MR) is 101 cm³/mol. The Kier molecular flexibility index (Phi) is 5.27. The minimum atomic E-state index is -0.293. The largest absolute Gasteiger partial charge is 0.254 e. The molecule has 0 atom stereocenters. The van der Waals surface area contributed by atoms with E-state index in [1.54, 1.807) is 62.7 Å². The standard InChI is InChI=1S/C21H17F2N3/c1-14-18(22)8-4-10-20(14)24-12-16-6-3-7-17(26-16)13-25-21-11-5-9-19(23)15(21)2/h3-13H,1-2H3. The van der Waals surface area contributed by atoms with Gasteiger partial charge in [0.05, 0.1) is 35.2 Å². The molecule has 2 aromatic carbocycles. The first-order valence-electron chi connectivity index (χ1n) is 8.10. The maximum atomic E-state index is 13.6. The lowest BCUT2D eigenvalue weighted by atomic mass is 10.2. The van der Waals surface area contributed by atoms with Crippen molar-refractivity contribution >= 4 is 23.8 Å². The molecule has 3 nitrogen and oxygen atoms in total. The van der Waals surface area contributed by atoms with E-state index in [2.05, 4.69) is 15.0 Å². The molecule has 3 rings (SSSR count). The van der Waals surface area contributed by atoms with Gasteiger partial charge in [0, 0.05) is 11.1 Å². The average Bonchev–Trinajstić information content (AvgIpc) is 2.64. The Hall–Kier alpha value is -3.21. The zero-order valence-corrected chi connectivity index (χ0v) is 14.4. The van der Waals surface area contributed by atoms with Crippen LogP contribution < -0.4 is 0 Å². The van der Waals surface area contributed by atoms with Crippen molar-refractivity contribution < 1.29 is 8.78 Å². The topological polar surface area (TPSA) is 37.6 Å². The van der Waals surface area contributed by atoms with Crippen LogP contribution in [-0.4, -0.2) is 17.4 Å². The number of benzene rings is 2. The van der Waals surface area contributed by atoms with E-state index in [-0.39, 0.29) is 11.6 Å². The van der Waals surface area contributed by atoms with Crippen LogP contribution in [0, 0.1) is 25.5 Å². The molecule has 0 N–H and O–H groups in total. The van der Waals surface area contributed by atoms with Crippen LogP contribution in [0.15, 0.2) is 64.6 Å². The SMILES string of the molecule is Cc1c(F)cccc1N=Cc1cccc(C=Nc2cccc(F)c2C)n1. The summed E-state index contributed by atoms with van der Waals surface area (Å²) in [6.07, 6.45) is 3.15. The number of nitrogens with zero attached hydrogens (tertiary/aromatic N) is 3. The molecule has 0 bridgehead atoms. The van der Waals surface area contributed by atoms with Gasteiger partial charge in [-0.1, -0.05) is 18.2 Å². The molecule has 0 aliphatic rings. The van der Waals surface area contributed by atoms with Crippen LogP contribution in [0.3, 0.4) is 0 Å². The van der Waals surface area contributed by atoms with Crippen molar-refractivity contribution in [2.75, 3.05) is 0 Å². The smallest absolute Gasteiger partial charge is 0.128 e. The Morgan fingerprint density at radius 2 is 1.12 bits per heavy atom. The fourth-order valence-corrected chi connectivity index (χ4v) is 2.36. The highest BCUT2D eigenvalue weighted by Crippen LogP contribution is 2.21. The quantitative estimate of drug-likeness (QED) is 0.575. The van der Waals surface area contributed by atoms with Gasteiger partial charge in [-0.2, -0.15) is 0 Å². The summed E-state index contributed by atoms with van der Waals surface area (Å²) < 4.78 is 27.1. The summed E-state index contributed by atoms with van der Waals surface area (Å²) in [4.78, 5) is 13.0. The Bertz CT molecular complexity index is 918. The van der Waals surface area contributed by atoms with Crippen LogP contribution >= 0.6 is 0 Å². The molecule has 130 valence electrons. The number of hydrogen-bond acceptors (Lipinski definition) is 3. The molecule has 26 heavy (non-hydrogen) atoms. The monoisotopic (exact) mass is 349 g/mol. The molecule has 0 fully saturated rings. The highest BCUT2D eigenvalue weighted by atomic mass is 19.1. The van der Waals surface area contributed by atoms with Crippen LogP contribution in [0.1, 0.15) is 22.5 Å². The summed E-state index contributed by atoms with van der Waals surface area (Å²) in [6.45, 7) is 3.36. The molecule has 0 radical (unpaired) electrons. The van der Waals surface area contributed by atoms with E-state index in [0.717, 1.165) is 0 Å². The van der Waals surface area contributed by atoms with Crippen molar-refractivity contribution in [3.8, 4) is 0 Å². The van der Waals surface area contributed by atoms with Gasteiger partial charge in [-0.15, -0.1) is 0 Å². The lowest BCUT2D eigenvalue weighted by Gasteiger charge is -2.01. The fraction of sp³-hybridized carbons (Fsp3) is 0.0952. The van der Waals surface area contributed by atoms with Gasteiger partial charge in [0.2, 0.25) is 0 Å². The fourth-order valence-electron chi connectivity index (χ4n) is 2.36. The highest BCUT2D eigenvalue weighted by Gasteiger charge is 2.02. The molecular weight excluding hydrogens is 332 g/mol. The minimum Gasteiger partial charge on any atom is -0.254 e. The van der Waals surface area contributed by atoms with Gasteiger partial charge in [-0.05, 0) is 50.2 Å². The van der Waals surface area contributed by atoms with E-state index in [4.69, 9.17) is 0 Å². The van der Waals surface area contributed by atoms with Crippen molar-refractivity contribution in [3.05, 3.63) is 88.7 Å². The molecule has 1 heterocycles. The number of aromatic nitrogens is 1. The number of hydrogen-bond donors (Lipinski definition) is 0. The molecule has 3 aromatic rings. The third-order valence-corrected chi connectivity index (χ3v) is 3.94. The summed E-state index contributed by atoms with van der Waals surface area (Å²) in [5.74, 6) is -0.585. The molecule has 0 saturated heterocycles. The van der Waals surface area contributed by atoms with Gasteiger partial charge >= 0.3 is 0 Å². The van der Waals surface area contributed by atoms with E-state index in [0.29, 0.717) is 33.9 Å². The van der Waals surface area contributed by atoms with Gasteiger partial charge < -0.3 is 0 Å². The normalized spacial score (nSPS) is 11.5. The van der Waals surface area contributed by atoms with E-state index in [1.165, 1.54) is 12.1 Å². The van der Waals surface area contributed by atoms with Gasteiger partial charge in [0.15, 0.2) is 0 Å². The Morgan fingerprint density at radius 3 is 1.58 bits per heavy atom. The molecule has 0 unspecified atom stereocenters. The number of aliphatic imine (C=N–C) groups is 2. The van der Waals surface area contributed by atoms with Crippen LogP contribution in [-0.2, 0) is 0 Å². The Balaban J connectivity index is 1.82. The summed E-state index contributed by atoms with van der Waals surface area (Å²) in [7, 11) is 0. The zero-order valence-electron chi connectivity index (χ0n) is 14.4. The number of halogens is 2. The third kappa shape index (κ3) is 4.06. The molecular formula is C21H17F2N3. The number of rotatable bonds is 4. The van der Waals surface area contributed by atoms with Gasteiger partial charge in [0.1, 0.15) is 11.6 Å². The summed E-state index contributed by atoms with van der Waals surface area (Å²) in [6, 6.07) is 14.9. The van der Waals surface area contributed by atoms with Crippen LogP contribution in [0.25, 0.3) is 0 Å². The van der Waals surface area contributed by atoms with E-state index < -0.39 is 0 Å². The predicted octanol–water partition coefficient (Wildman–Crippen LogP) is 5.48. The van der Waals surface area contributed by atoms with E-state index in [1.807, 2.05) is 6.07 Å². The second kappa shape index (κ2) is 7.78. The van der Waals surface area contributed by atoms with E-state index >= 15 is 0 Å². The molecule has 0 aliphatic heterocycles. The molecule has 0 aliphatic carbocycles. The molecule has 1 aromatic heterocycles. The lowest BCUT2D eigenvalue weighted by molar-refractivity contribution is 0.618. The summed E-state index contributed by atoms with van der Waals surface area (Å²) >= 11 is 0. The van der Waals surface area contributed by atoms with Crippen LogP contribution in [0.4, 0.5) is 20.2 Å². The van der Waals surface area contributed by atoms with Crippen molar-refractivity contribution in [2.24, 2.45) is 9.98 Å². The minimum absolute atomic E-state index is 0.293. The average molecular weight is 349 g/mol. The Morgan fingerprint density at radius 1 is 0.692 bits per heavy atom. The maximum absolute atomic E-state index is 13.6. The Labute approximate surface area is 150 Å². The second-order valence-corrected chi connectivity index (χ2v) is 5.77. The molecule has 0 spiro atoms. The van der Waals surface area contributed by atoms with Crippen molar-refractivity contribution in [1.82, 2.24) is 4.98 Å². The van der Waals surface area contributed by atoms with Gasteiger partial charge in [-0.3, -0.25) is 9.98 Å². The van der Waals surface area contributed by atoms with Crippen molar-refractivity contribution in [2.45, 2.75) is 13.8 Å². The molecule has 0 amide bonds. The summed E-state index contributed by atoms with van der Waals surface area (Å²) in [5, 5.41) is 0.